The van der Waals surface area contributed by atoms with Gasteiger partial charge in [0.2, 0.25) is 0 Å². The van der Waals surface area contributed by atoms with E-state index < -0.39 is 0 Å². The van der Waals surface area contributed by atoms with Crippen molar-refractivity contribution in [1.29, 1.82) is 5.26 Å². The zero-order valence-electron chi connectivity index (χ0n) is 8.06. The van der Waals surface area contributed by atoms with E-state index >= 15 is 0 Å². The van der Waals surface area contributed by atoms with Crippen molar-refractivity contribution in [3.8, 4) is 6.07 Å². The minimum Gasteiger partial charge on any atom is -0.380 e. The molecule has 1 saturated heterocycles. The number of nitriles is 1. The van der Waals surface area contributed by atoms with E-state index in [1.807, 2.05) is 11.4 Å². The molecule has 1 aromatic heterocycles. The Kier molecular flexibility index (Phi) is 1.98. The van der Waals surface area contributed by atoms with Gasteiger partial charge in [-0.1, -0.05) is 0 Å². The molecule has 74 valence electrons. The van der Waals surface area contributed by atoms with E-state index in [4.69, 9.17) is 10.00 Å². The van der Waals surface area contributed by atoms with Crippen molar-refractivity contribution >= 4 is 21.4 Å². The quantitative estimate of drug-likeness (QED) is 0.732. The van der Waals surface area contributed by atoms with Gasteiger partial charge in [0, 0.05) is 5.92 Å². The summed E-state index contributed by atoms with van der Waals surface area (Å²) in [5.74, 6) is 0.487. The highest BCUT2D eigenvalue weighted by atomic mass is 32.1. The highest BCUT2D eigenvalue weighted by Gasteiger charge is 2.21. The molecule has 3 heteroatoms. The predicted molar refractivity (Wildman–Crippen MR) is 60.1 cm³/mol. The molecule has 0 saturated carbocycles. The van der Waals surface area contributed by atoms with Gasteiger partial charge in [-0.25, -0.2) is 0 Å². The Hall–Kier alpha value is -1.37. The Morgan fingerprint density at radius 2 is 2.27 bits per heavy atom. The van der Waals surface area contributed by atoms with Crippen LogP contribution in [0.15, 0.2) is 23.6 Å². The largest absolute Gasteiger partial charge is 0.380 e. The molecule has 0 atom stereocenters. The Balaban J connectivity index is 2.20. The number of nitrogens with zero attached hydrogens (tertiary/aromatic N) is 1. The third-order valence-electron chi connectivity index (χ3n) is 2.80. The number of hydrogen-bond acceptors (Lipinski definition) is 3. The van der Waals surface area contributed by atoms with Crippen molar-refractivity contribution in [3.05, 3.63) is 34.7 Å². The summed E-state index contributed by atoms with van der Waals surface area (Å²) in [4.78, 5) is 0. The Bertz CT molecular complexity index is 548. The van der Waals surface area contributed by atoms with E-state index in [1.54, 1.807) is 11.3 Å². The molecule has 1 aliphatic heterocycles. The molecule has 1 fully saturated rings. The molecule has 0 amide bonds. The number of thiophene rings is 1. The highest BCUT2D eigenvalue weighted by Crippen LogP contribution is 2.31. The molecular formula is C12H9NOS. The van der Waals surface area contributed by atoms with Gasteiger partial charge >= 0.3 is 0 Å². The van der Waals surface area contributed by atoms with Gasteiger partial charge in [0.05, 0.1) is 23.5 Å². The maximum absolute atomic E-state index is 9.08. The maximum Gasteiger partial charge on any atom is 0.101 e. The highest BCUT2D eigenvalue weighted by molar-refractivity contribution is 7.17. The van der Waals surface area contributed by atoms with Gasteiger partial charge in [-0.3, -0.25) is 0 Å². The lowest BCUT2D eigenvalue weighted by Crippen LogP contribution is -2.25. The molecule has 0 aliphatic carbocycles. The molecule has 2 heterocycles. The minimum atomic E-state index is 0.487. The molecule has 1 aromatic carbocycles. The molecule has 0 bridgehead atoms. The fraction of sp³-hybridized carbons (Fsp3) is 0.250. The summed E-state index contributed by atoms with van der Waals surface area (Å²) in [5.41, 5.74) is 2.04. The molecule has 15 heavy (non-hydrogen) atoms. The number of fused-ring (bicyclic) bond motifs is 1. The van der Waals surface area contributed by atoms with E-state index in [1.165, 1.54) is 10.9 Å². The van der Waals surface area contributed by atoms with E-state index in [-0.39, 0.29) is 0 Å². The summed E-state index contributed by atoms with van der Waals surface area (Å²) in [6, 6.07) is 8.53. The van der Waals surface area contributed by atoms with Gasteiger partial charge < -0.3 is 4.74 Å². The average molecular weight is 215 g/mol. The minimum absolute atomic E-state index is 0.487. The smallest absolute Gasteiger partial charge is 0.101 e. The lowest BCUT2D eigenvalue weighted by atomic mass is 9.95. The Morgan fingerprint density at radius 3 is 2.93 bits per heavy atom. The fourth-order valence-electron chi connectivity index (χ4n) is 1.85. The van der Waals surface area contributed by atoms with Crippen LogP contribution in [-0.4, -0.2) is 13.2 Å². The maximum atomic E-state index is 9.08. The van der Waals surface area contributed by atoms with E-state index in [9.17, 15) is 0 Å². The topological polar surface area (TPSA) is 33.0 Å². The lowest BCUT2D eigenvalue weighted by Gasteiger charge is -2.26. The molecule has 3 rings (SSSR count). The lowest BCUT2D eigenvalue weighted by molar-refractivity contribution is 0.00847. The molecule has 2 nitrogen and oxygen atoms in total. The molecule has 0 unspecified atom stereocenters. The number of rotatable bonds is 1. The van der Waals surface area contributed by atoms with Crippen molar-refractivity contribution in [1.82, 2.24) is 0 Å². The van der Waals surface area contributed by atoms with Crippen LogP contribution in [-0.2, 0) is 4.74 Å². The van der Waals surface area contributed by atoms with Crippen molar-refractivity contribution in [2.24, 2.45) is 0 Å². The van der Waals surface area contributed by atoms with Gasteiger partial charge in [0.1, 0.15) is 6.07 Å². The van der Waals surface area contributed by atoms with E-state index in [0.29, 0.717) is 5.92 Å². The van der Waals surface area contributed by atoms with Crippen LogP contribution in [0.4, 0.5) is 0 Å². The average Bonchev–Trinajstić information content (AvgIpc) is 2.61. The summed E-state index contributed by atoms with van der Waals surface area (Å²) in [7, 11) is 0. The first-order valence-electron chi connectivity index (χ1n) is 4.87. The van der Waals surface area contributed by atoms with Crippen molar-refractivity contribution in [2.45, 2.75) is 5.92 Å². The monoisotopic (exact) mass is 215 g/mol. The summed E-state index contributed by atoms with van der Waals surface area (Å²) < 4.78 is 6.27. The van der Waals surface area contributed by atoms with Crippen LogP contribution in [0.5, 0.6) is 0 Å². The van der Waals surface area contributed by atoms with Crippen molar-refractivity contribution in [3.63, 3.8) is 0 Å². The molecule has 0 N–H and O–H groups in total. The molecule has 2 aromatic rings. The fourth-order valence-corrected chi connectivity index (χ4v) is 2.70. The summed E-state index contributed by atoms with van der Waals surface area (Å²) in [6.07, 6.45) is 0. The molecule has 1 aliphatic rings. The first kappa shape index (κ1) is 8.90. The first-order chi connectivity index (χ1) is 7.38. The number of ether oxygens (including phenoxy) is 1. The Labute approximate surface area is 91.7 Å². The van der Waals surface area contributed by atoms with Gasteiger partial charge in [-0.2, -0.15) is 5.26 Å². The van der Waals surface area contributed by atoms with Crippen molar-refractivity contribution < 1.29 is 4.74 Å². The van der Waals surface area contributed by atoms with Crippen LogP contribution in [0, 0.1) is 11.3 Å². The summed E-state index contributed by atoms with van der Waals surface area (Å²) >= 11 is 1.63. The zero-order chi connectivity index (χ0) is 10.3. The van der Waals surface area contributed by atoms with Crippen LogP contribution in [0.3, 0.4) is 0 Å². The first-order valence-corrected chi connectivity index (χ1v) is 5.75. The third-order valence-corrected chi connectivity index (χ3v) is 3.77. The molecule has 0 radical (unpaired) electrons. The van der Waals surface area contributed by atoms with Crippen LogP contribution >= 0.6 is 11.3 Å². The second-order valence-corrected chi connectivity index (χ2v) is 4.67. The van der Waals surface area contributed by atoms with Gasteiger partial charge in [0.25, 0.3) is 0 Å². The van der Waals surface area contributed by atoms with E-state index in [0.717, 1.165) is 23.5 Å². The van der Waals surface area contributed by atoms with Gasteiger partial charge in [-0.15, -0.1) is 11.3 Å². The van der Waals surface area contributed by atoms with E-state index in [2.05, 4.69) is 18.2 Å². The van der Waals surface area contributed by atoms with Crippen LogP contribution in [0.25, 0.3) is 10.1 Å². The molecule has 0 spiro atoms. The predicted octanol–water partition coefficient (Wildman–Crippen LogP) is 2.89. The molecular weight excluding hydrogens is 206 g/mol. The van der Waals surface area contributed by atoms with Gasteiger partial charge in [-0.05, 0) is 34.5 Å². The second-order valence-electron chi connectivity index (χ2n) is 3.75. The number of hydrogen-bond donors (Lipinski definition) is 0. The zero-order valence-corrected chi connectivity index (χ0v) is 8.88. The van der Waals surface area contributed by atoms with Crippen LogP contribution in [0.2, 0.25) is 0 Å². The number of benzene rings is 1. The second kappa shape index (κ2) is 3.34. The normalized spacial score (nSPS) is 16.2. The van der Waals surface area contributed by atoms with Crippen LogP contribution in [0.1, 0.15) is 17.0 Å². The van der Waals surface area contributed by atoms with Gasteiger partial charge in [0.15, 0.2) is 0 Å². The van der Waals surface area contributed by atoms with Crippen LogP contribution < -0.4 is 0 Å². The van der Waals surface area contributed by atoms with Crippen molar-refractivity contribution in [2.75, 3.05) is 13.2 Å². The third kappa shape index (κ3) is 1.34. The standard InChI is InChI=1S/C12H9NOS/c13-5-10-4-9(11-6-14-7-11)3-8-1-2-15-12(8)10/h1-4,11H,6-7H2. The summed E-state index contributed by atoms with van der Waals surface area (Å²) in [6.45, 7) is 1.58. The SMILES string of the molecule is N#Cc1cc(C2COC2)cc2ccsc12. The Morgan fingerprint density at radius 1 is 1.40 bits per heavy atom. The summed E-state index contributed by atoms with van der Waals surface area (Å²) in [5, 5.41) is 12.3.